The quantitative estimate of drug-likeness (QED) is 0.556. The van der Waals surface area contributed by atoms with Gasteiger partial charge in [-0.2, -0.15) is 0 Å². The molecule has 0 saturated carbocycles. The van der Waals surface area contributed by atoms with Crippen LogP contribution >= 0.6 is 0 Å². The molecule has 1 N–H and O–H groups in total. The van der Waals surface area contributed by atoms with Gasteiger partial charge in [-0.3, -0.25) is 4.98 Å². The Bertz CT molecular complexity index is 1030. The molecule has 2 heterocycles. The van der Waals surface area contributed by atoms with E-state index >= 15 is 0 Å². The van der Waals surface area contributed by atoms with Crippen LogP contribution in [0.4, 0.5) is 11.4 Å². The molecule has 0 radical (unpaired) electrons. The van der Waals surface area contributed by atoms with Crippen molar-refractivity contribution >= 4 is 28.2 Å². The van der Waals surface area contributed by atoms with Crippen LogP contribution in [0.3, 0.4) is 0 Å². The van der Waals surface area contributed by atoms with Crippen molar-refractivity contribution in [3.8, 4) is 11.5 Å². The average Bonchev–Trinajstić information content (AvgIpc) is 3.19. The number of carbonyl (C=O) groups excluding carboxylic acids is 1. The van der Waals surface area contributed by atoms with Crippen molar-refractivity contribution < 1.29 is 19.0 Å². The Morgan fingerprint density at radius 3 is 2.62 bits per heavy atom. The van der Waals surface area contributed by atoms with Gasteiger partial charge in [-0.1, -0.05) is 25.5 Å². The molecule has 6 heteroatoms. The van der Waals surface area contributed by atoms with Crippen LogP contribution in [0.5, 0.6) is 11.5 Å². The number of pyridine rings is 1. The van der Waals surface area contributed by atoms with E-state index < -0.39 is 5.97 Å². The monoisotopic (exact) mass is 392 g/mol. The first-order valence-corrected chi connectivity index (χ1v) is 9.95. The number of hydrogen-bond acceptors (Lipinski definition) is 6. The number of esters is 1. The second-order valence-electron chi connectivity index (χ2n) is 6.92. The number of anilines is 2. The molecular formula is C23H24N2O4. The minimum absolute atomic E-state index is 0.179. The molecule has 1 aliphatic rings. The normalized spacial score (nSPS) is 12.2. The van der Waals surface area contributed by atoms with Crippen LogP contribution in [0.25, 0.3) is 10.9 Å². The third-order valence-corrected chi connectivity index (χ3v) is 4.90. The molecule has 0 fully saturated rings. The summed E-state index contributed by atoms with van der Waals surface area (Å²) in [5.74, 6) is 0.875. The van der Waals surface area contributed by atoms with Crippen LogP contribution in [0, 0.1) is 0 Å². The number of fused-ring (bicyclic) bond motifs is 2. The van der Waals surface area contributed by atoms with Gasteiger partial charge in [-0.25, -0.2) is 4.79 Å². The van der Waals surface area contributed by atoms with Crippen molar-refractivity contribution in [2.45, 2.75) is 33.1 Å². The Kier molecular flexibility index (Phi) is 5.51. The summed E-state index contributed by atoms with van der Waals surface area (Å²) in [4.78, 5) is 17.0. The number of rotatable bonds is 7. The molecule has 4 rings (SSSR count). The van der Waals surface area contributed by atoms with E-state index in [9.17, 15) is 4.79 Å². The minimum atomic E-state index is -0.415. The Hall–Kier alpha value is -3.28. The fraction of sp³-hybridized carbons (Fsp3) is 0.304. The van der Waals surface area contributed by atoms with Crippen LogP contribution < -0.4 is 14.8 Å². The molecule has 0 amide bonds. The first-order valence-electron chi connectivity index (χ1n) is 9.95. The summed E-state index contributed by atoms with van der Waals surface area (Å²) in [5, 5.41) is 4.17. The van der Waals surface area contributed by atoms with E-state index in [1.807, 2.05) is 24.3 Å². The minimum Gasteiger partial charge on any atom is -0.462 e. The van der Waals surface area contributed by atoms with E-state index in [4.69, 9.17) is 14.2 Å². The maximum atomic E-state index is 12.5. The van der Waals surface area contributed by atoms with Crippen LogP contribution in [-0.2, 0) is 11.2 Å². The SMILES string of the molecule is CCCCc1ccc(Nc2c(C(=O)OCC)cnc3cc4c(cc23)OCO4)cc1. The highest BCUT2D eigenvalue weighted by atomic mass is 16.7. The van der Waals surface area contributed by atoms with Crippen LogP contribution in [-0.4, -0.2) is 24.4 Å². The predicted molar refractivity (Wildman–Crippen MR) is 112 cm³/mol. The summed E-state index contributed by atoms with van der Waals surface area (Å²) in [6.45, 7) is 4.45. The first kappa shape index (κ1) is 19.1. The third kappa shape index (κ3) is 3.97. The number of aryl methyl sites for hydroxylation is 1. The molecule has 0 unspecified atom stereocenters. The van der Waals surface area contributed by atoms with Gasteiger partial charge in [0.15, 0.2) is 11.5 Å². The van der Waals surface area contributed by atoms with Crippen molar-refractivity contribution in [3.05, 3.63) is 53.7 Å². The third-order valence-electron chi connectivity index (χ3n) is 4.90. The Morgan fingerprint density at radius 2 is 1.90 bits per heavy atom. The molecule has 150 valence electrons. The van der Waals surface area contributed by atoms with Crippen LogP contribution in [0.1, 0.15) is 42.6 Å². The Balaban J connectivity index is 1.75. The zero-order valence-electron chi connectivity index (χ0n) is 16.7. The van der Waals surface area contributed by atoms with Crippen molar-refractivity contribution in [3.63, 3.8) is 0 Å². The first-order chi connectivity index (χ1) is 14.2. The molecule has 0 spiro atoms. The van der Waals surface area contributed by atoms with Gasteiger partial charge < -0.3 is 19.5 Å². The molecule has 0 saturated heterocycles. The number of benzene rings is 2. The van der Waals surface area contributed by atoms with Gasteiger partial charge in [-0.05, 0) is 43.5 Å². The van der Waals surface area contributed by atoms with E-state index in [0.29, 0.717) is 34.9 Å². The summed E-state index contributed by atoms with van der Waals surface area (Å²) in [6, 6.07) is 12.0. The number of aromatic nitrogens is 1. The molecule has 29 heavy (non-hydrogen) atoms. The highest BCUT2D eigenvalue weighted by Gasteiger charge is 2.21. The van der Waals surface area contributed by atoms with E-state index in [0.717, 1.165) is 17.5 Å². The van der Waals surface area contributed by atoms with Crippen molar-refractivity contribution in [1.82, 2.24) is 4.98 Å². The molecule has 0 atom stereocenters. The predicted octanol–water partition coefficient (Wildman–Crippen LogP) is 5.23. The fourth-order valence-corrected chi connectivity index (χ4v) is 3.36. The summed E-state index contributed by atoms with van der Waals surface area (Å²) in [5.41, 5.74) is 3.93. The molecule has 3 aromatic rings. The summed E-state index contributed by atoms with van der Waals surface area (Å²) < 4.78 is 16.2. The number of nitrogens with one attached hydrogen (secondary N) is 1. The summed E-state index contributed by atoms with van der Waals surface area (Å²) >= 11 is 0. The van der Waals surface area contributed by atoms with Gasteiger partial charge in [0.2, 0.25) is 6.79 Å². The number of unbranched alkanes of at least 4 members (excludes halogenated alkanes) is 1. The summed E-state index contributed by atoms with van der Waals surface area (Å²) in [6.07, 6.45) is 4.94. The second-order valence-corrected chi connectivity index (χ2v) is 6.92. The fourth-order valence-electron chi connectivity index (χ4n) is 3.36. The van der Waals surface area contributed by atoms with Crippen LogP contribution in [0.2, 0.25) is 0 Å². The zero-order valence-corrected chi connectivity index (χ0v) is 16.7. The molecule has 1 aliphatic heterocycles. The highest BCUT2D eigenvalue weighted by molar-refractivity contribution is 6.06. The maximum Gasteiger partial charge on any atom is 0.341 e. The maximum absolute atomic E-state index is 12.5. The largest absolute Gasteiger partial charge is 0.462 e. The molecule has 6 nitrogen and oxygen atoms in total. The van der Waals surface area contributed by atoms with Gasteiger partial charge >= 0.3 is 5.97 Å². The smallest absolute Gasteiger partial charge is 0.341 e. The van der Waals surface area contributed by atoms with Crippen molar-refractivity contribution in [2.75, 3.05) is 18.7 Å². The lowest BCUT2D eigenvalue weighted by molar-refractivity contribution is 0.0527. The van der Waals surface area contributed by atoms with Crippen LogP contribution in [0.15, 0.2) is 42.6 Å². The molecule has 2 aromatic carbocycles. The molecular weight excluding hydrogens is 368 g/mol. The summed E-state index contributed by atoms with van der Waals surface area (Å²) in [7, 11) is 0. The second kappa shape index (κ2) is 8.39. The van der Waals surface area contributed by atoms with Gasteiger partial charge in [-0.15, -0.1) is 0 Å². The number of ether oxygens (including phenoxy) is 3. The van der Waals surface area contributed by atoms with E-state index in [2.05, 4.69) is 29.4 Å². The number of carbonyl (C=O) groups is 1. The van der Waals surface area contributed by atoms with Gasteiger partial charge in [0, 0.05) is 23.3 Å². The van der Waals surface area contributed by atoms with Gasteiger partial charge in [0.25, 0.3) is 0 Å². The average molecular weight is 392 g/mol. The lowest BCUT2D eigenvalue weighted by Crippen LogP contribution is -2.09. The highest BCUT2D eigenvalue weighted by Crippen LogP contribution is 2.39. The Labute approximate surface area is 169 Å². The van der Waals surface area contributed by atoms with E-state index in [1.165, 1.54) is 18.4 Å². The molecule has 1 aromatic heterocycles. The zero-order chi connectivity index (χ0) is 20.2. The Morgan fingerprint density at radius 1 is 1.14 bits per heavy atom. The van der Waals surface area contributed by atoms with E-state index in [-0.39, 0.29) is 6.79 Å². The standard InChI is InChI=1S/C23H24N2O4/c1-3-5-6-15-7-9-16(10-8-15)25-22-17-11-20-21(29-14-28-20)12-19(17)24-13-18(22)23(26)27-4-2/h7-13H,3-6,14H2,1-2H3,(H,24,25). The topological polar surface area (TPSA) is 69.7 Å². The number of nitrogens with zero attached hydrogens (tertiary/aromatic N) is 1. The van der Waals surface area contributed by atoms with Crippen molar-refractivity contribution in [2.24, 2.45) is 0 Å². The molecule has 0 aliphatic carbocycles. The van der Waals surface area contributed by atoms with Gasteiger partial charge in [0.1, 0.15) is 5.56 Å². The van der Waals surface area contributed by atoms with Crippen molar-refractivity contribution in [1.29, 1.82) is 0 Å². The number of hydrogen-bond donors (Lipinski definition) is 1. The van der Waals surface area contributed by atoms with Gasteiger partial charge in [0.05, 0.1) is 17.8 Å². The lowest BCUT2D eigenvalue weighted by Gasteiger charge is -2.15. The molecule has 0 bridgehead atoms. The lowest BCUT2D eigenvalue weighted by atomic mass is 10.1. The van der Waals surface area contributed by atoms with E-state index in [1.54, 1.807) is 13.1 Å².